The van der Waals surface area contributed by atoms with E-state index in [-0.39, 0.29) is 0 Å². The summed E-state index contributed by atoms with van der Waals surface area (Å²) in [4.78, 5) is 2.53. The molecule has 2 nitrogen and oxygen atoms in total. The summed E-state index contributed by atoms with van der Waals surface area (Å²) in [7, 11) is 2.27. The second kappa shape index (κ2) is 4.63. The average Bonchev–Trinajstić information content (AvgIpc) is 3.04. The summed E-state index contributed by atoms with van der Waals surface area (Å²) in [6.07, 6.45) is 7.21. The van der Waals surface area contributed by atoms with Gasteiger partial charge in [0.2, 0.25) is 0 Å². The van der Waals surface area contributed by atoms with Crippen LogP contribution in [0.15, 0.2) is 0 Å². The Kier molecular flexibility index (Phi) is 3.45. The molecule has 1 unspecified atom stereocenters. The third kappa shape index (κ3) is 3.25. The molecule has 0 aromatic heterocycles. The summed E-state index contributed by atoms with van der Waals surface area (Å²) in [5, 5.41) is 3.58. The van der Waals surface area contributed by atoms with Crippen LogP contribution in [0.5, 0.6) is 0 Å². The highest BCUT2D eigenvalue weighted by molar-refractivity contribution is 4.85. The van der Waals surface area contributed by atoms with Crippen molar-refractivity contribution < 1.29 is 0 Å². The van der Waals surface area contributed by atoms with Crippen molar-refractivity contribution in [3.8, 4) is 0 Å². The molecule has 1 N–H and O–H groups in total. The molecule has 0 radical (unpaired) electrons. The summed E-state index contributed by atoms with van der Waals surface area (Å²) >= 11 is 0. The van der Waals surface area contributed by atoms with Crippen LogP contribution in [0.2, 0.25) is 0 Å². The fraction of sp³-hybridized carbons (Fsp3) is 1.00. The molecule has 2 aliphatic carbocycles. The van der Waals surface area contributed by atoms with Crippen molar-refractivity contribution in [3.05, 3.63) is 0 Å². The monoisotopic (exact) mass is 196 g/mol. The Morgan fingerprint density at radius 1 is 1.29 bits per heavy atom. The van der Waals surface area contributed by atoms with Gasteiger partial charge in [0, 0.05) is 18.6 Å². The van der Waals surface area contributed by atoms with Crippen LogP contribution in [0.25, 0.3) is 0 Å². The summed E-state index contributed by atoms with van der Waals surface area (Å²) in [6, 6.07) is 1.61. The molecular weight excluding hydrogens is 172 g/mol. The van der Waals surface area contributed by atoms with Gasteiger partial charge in [0.15, 0.2) is 0 Å². The van der Waals surface area contributed by atoms with E-state index in [9.17, 15) is 0 Å². The van der Waals surface area contributed by atoms with Crippen LogP contribution in [-0.4, -0.2) is 37.1 Å². The van der Waals surface area contributed by atoms with E-state index < -0.39 is 0 Å². The Bertz CT molecular complexity index is 173. The number of rotatable bonds is 7. The van der Waals surface area contributed by atoms with Gasteiger partial charge < -0.3 is 5.32 Å². The van der Waals surface area contributed by atoms with Crippen molar-refractivity contribution in [2.24, 2.45) is 5.92 Å². The highest BCUT2D eigenvalue weighted by atomic mass is 15.2. The van der Waals surface area contributed by atoms with Crippen molar-refractivity contribution >= 4 is 0 Å². The first-order chi connectivity index (χ1) is 6.77. The van der Waals surface area contributed by atoms with E-state index >= 15 is 0 Å². The van der Waals surface area contributed by atoms with E-state index in [4.69, 9.17) is 0 Å². The molecule has 0 aromatic rings. The molecule has 2 saturated carbocycles. The van der Waals surface area contributed by atoms with Crippen LogP contribution in [-0.2, 0) is 0 Å². The van der Waals surface area contributed by atoms with E-state index in [0.29, 0.717) is 6.04 Å². The minimum absolute atomic E-state index is 0.710. The quantitative estimate of drug-likeness (QED) is 0.625. The number of nitrogens with zero attached hydrogens (tertiary/aromatic N) is 1. The Labute approximate surface area is 88.1 Å². The Morgan fingerprint density at radius 2 is 2.00 bits per heavy atom. The van der Waals surface area contributed by atoms with E-state index in [1.54, 1.807) is 0 Å². The largest absolute Gasteiger partial charge is 0.315 e. The molecule has 0 spiro atoms. The lowest BCUT2D eigenvalue weighted by atomic mass is 10.2. The number of hydrogen-bond acceptors (Lipinski definition) is 2. The molecule has 1 atom stereocenters. The van der Waals surface area contributed by atoms with Crippen molar-refractivity contribution in [2.45, 2.75) is 51.1 Å². The third-order valence-electron chi connectivity index (χ3n) is 3.68. The van der Waals surface area contributed by atoms with Crippen LogP contribution >= 0.6 is 0 Å². The lowest BCUT2D eigenvalue weighted by Crippen LogP contribution is -2.39. The molecule has 82 valence electrons. The molecular formula is C12H24N2. The van der Waals surface area contributed by atoms with E-state index in [1.165, 1.54) is 45.2 Å². The highest BCUT2D eigenvalue weighted by Gasteiger charge is 2.28. The summed E-state index contributed by atoms with van der Waals surface area (Å²) in [5.74, 6) is 1.07. The van der Waals surface area contributed by atoms with Crippen LogP contribution in [0, 0.1) is 5.92 Å². The maximum Gasteiger partial charge on any atom is 0.0192 e. The minimum atomic E-state index is 0.710. The molecule has 0 aromatic carbocycles. The summed E-state index contributed by atoms with van der Waals surface area (Å²) in [5.41, 5.74) is 0. The maximum absolute atomic E-state index is 3.58. The zero-order valence-corrected chi connectivity index (χ0v) is 9.63. The second-order valence-electron chi connectivity index (χ2n) is 5.18. The lowest BCUT2D eigenvalue weighted by molar-refractivity contribution is 0.241. The zero-order valence-electron chi connectivity index (χ0n) is 9.63. The van der Waals surface area contributed by atoms with Crippen LogP contribution in [0.3, 0.4) is 0 Å². The van der Waals surface area contributed by atoms with Gasteiger partial charge in [0.1, 0.15) is 0 Å². The Balaban J connectivity index is 1.49. The maximum atomic E-state index is 3.58. The van der Waals surface area contributed by atoms with Gasteiger partial charge in [-0.3, -0.25) is 4.90 Å². The molecule has 14 heavy (non-hydrogen) atoms. The predicted octanol–water partition coefficient (Wildman–Crippen LogP) is 1.86. The summed E-state index contributed by atoms with van der Waals surface area (Å²) < 4.78 is 0. The Hall–Kier alpha value is -0.0800. The SMILES string of the molecule is CC(CNCCC1CC1)N(C)C1CC1. The van der Waals surface area contributed by atoms with Crippen molar-refractivity contribution in [1.29, 1.82) is 0 Å². The van der Waals surface area contributed by atoms with Crippen molar-refractivity contribution in [1.82, 2.24) is 10.2 Å². The topological polar surface area (TPSA) is 15.3 Å². The van der Waals surface area contributed by atoms with Gasteiger partial charge in [-0.25, -0.2) is 0 Å². The van der Waals surface area contributed by atoms with Gasteiger partial charge in [0.25, 0.3) is 0 Å². The van der Waals surface area contributed by atoms with Crippen LogP contribution in [0.1, 0.15) is 39.0 Å². The number of likely N-dealkylation sites (N-methyl/N-ethyl adjacent to an activating group) is 1. The van der Waals surface area contributed by atoms with E-state index in [1.807, 2.05) is 0 Å². The van der Waals surface area contributed by atoms with Gasteiger partial charge in [0.05, 0.1) is 0 Å². The standard InChI is InChI=1S/C12H24N2/c1-10(14(2)12-5-6-12)9-13-8-7-11-3-4-11/h10-13H,3-9H2,1-2H3. The second-order valence-corrected chi connectivity index (χ2v) is 5.18. The fourth-order valence-electron chi connectivity index (χ4n) is 2.01. The van der Waals surface area contributed by atoms with Gasteiger partial charge in [-0.05, 0) is 45.7 Å². The van der Waals surface area contributed by atoms with E-state index in [0.717, 1.165) is 12.0 Å². The summed E-state index contributed by atoms with van der Waals surface area (Å²) in [6.45, 7) is 4.73. The minimum Gasteiger partial charge on any atom is -0.315 e. The molecule has 2 rings (SSSR count). The average molecular weight is 196 g/mol. The van der Waals surface area contributed by atoms with Crippen LogP contribution in [0.4, 0.5) is 0 Å². The molecule has 0 saturated heterocycles. The first kappa shape index (κ1) is 10.4. The first-order valence-corrected chi connectivity index (χ1v) is 6.20. The molecule has 0 heterocycles. The smallest absolute Gasteiger partial charge is 0.0192 e. The van der Waals surface area contributed by atoms with Gasteiger partial charge >= 0.3 is 0 Å². The Morgan fingerprint density at radius 3 is 2.57 bits per heavy atom. The molecule has 0 amide bonds. The molecule has 2 heteroatoms. The molecule has 0 bridgehead atoms. The lowest BCUT2D eigenvalue weighted by Gasteiger charge is -2.24. The normalized spacial score (nSPS) is 24.2. The predicted molar refractivity (Wildman–Crippen MR) is 60.5 cm³/mol. The van der Waals surface area contributed by atoms with Crippen molar-refractivity contribution in [2.75, 3.05) is 20.1 Å². The molecule has 2 aliphatic rings. The van der Waals surface area contributed by atoms with Gasteiger partial charge in [-0.2, -0.15) is 0 Å². The molecule has 0 aliphatic heterocycles. The van der Waals surface area contributed by atoms with Crippen molar-refractivity contribution in [3.63, 3.8) is 0 Å². The number of nitrogens with one attached hydrogen (secondary N) is 1. The number of hydrogen-bond donors (Lipinski definition) is 1. The van der Waals surface area contributed by atoms with E-state index in [2.05, 4.69) is 24.2 Å². The zero-order chi connectivity index (χ0) is 9.97. The first-order valence-electron chi connectivity index (χ1n) is 6.20. The van der Waals surface area contributed by atoms with Gasteiger partial charge in [-0.1, -0.05) is 12.8 Å². The highest BCUT2D eigenvalue weighted by Crippen LogP contribution is 2.31. The molecule has 2 fully saturated rings. The van der Waals surface area contributed by atoms with Gasteiger partial charge in [-0.15, -0.1) is 0 Å². The third-order valence-corrected chi connectivity index (χ3v) is 3.68. The fourth-order valence-corrected chi connectivity index (χ4v) is 2.01. The van der Waals surface area contributed by atoms with Crippen LogP contribution < -0.4 is 5.32 Å².